The third-order valence-electron chi connectivity index (χ3n) is 17.6. The molecule has 0 bridgehead atoms. The van der Waals surface area contributed by atoms with Crippen LogP contribution >= 0.6 is 0 Å². The highest BCUT2D eigenvalue weighted by Crippen LogP contribution is 2.46. The van der Waals surface area contributed by atoms with Crippen LogP contribution in [0, 0.1) is 0 Å². The first-order valence-electron chi connectivity index (χ1n) is 28.7. The highest BCUT2D eigenvalue weighted by atomic mass is 16.3. The number of rotatable bonds is 6. The average molecular weight is 1050 g/mol. The summed E-state index contributed by atoms with van der Waals surface area (Å²) in [6.45, 7) is 0. The summed E-state index contributed by atoms with van der Waals surface area (Å²) in [5.41, 5.74) is 16.8. The third kappa shape index (κ3) is 7.63. The Balaban J connectivity index is 0.000000132. The van der Waals surface area contributed by atoms with Gasteiger partial charge in [-0.3, -0.25) is 0 Å². The van der Waals surface area contributed by atoms with E-state index in [1.54, 1.807) is 0 Å². The molecule has 0 N–H and O–H groups in total. The van der Waals surface area contributed by atoms with Crippen molar-refractivity contribution >= 4 is 108 Å². The predicted molar refractivity (Wildman–Crippen MR) is 355 cm³/mol. The van der Waals surface area contributed by atoms with Gasteiger partial charge in [0.25, 0.3) is 0 Å². The van der Waals surface area contributed by atoms with Crippen LogP contribution in [0.5, 0.6) is 0 Å². The third-order valence-corrected chi connectivity index (χ3v) is 17.6. The van der Waals surface area contributed by atoms with Crippen molar-refractivity contribution in [1.29, 1.82) is 0 Å². The summed E-state index contributed by atoms with van der Waals surface area (Å²) in [4.78, 5) is 0. The average Bonchev–Trinajstić information content (AvgIpc) is 4.16. The molecule has 0 fully saturated rings. The van der Waals surface area contributed by atoms with E-state index in [0.717, 1.165) is 21.9 Å². The summed E-state index contributed by atoms with van der Waals surface area (Å²) in [5, 5.41) is 23.2. The van der Waals surface area contributed by atoms with Crippen LogP contribution in [0.2, 0.25) is 0 Å². The van der Waals surface area contributed by atoms with Gasteiger partial charge in [-0.15, -0.1) is 0 Å². The minimum atomic E-state index is 0.920. The smallest absolute Gasteiger partial charge is 0.135 e. The van der Waals surface area contributed by atoms with E-state index in [9.17, 15) is 0 Å². The zero-order chi connectivity index (χ0) is 54.5. The van der Waals surface area contributed by atoms with Crippen LogP contribution in [0.15, 0.2) is 308 Å². The van der Waals surface area contributed by atoms with Crippen LogP contribution < -0.4 is 0 Å². The summed E-state index contributed by atoms with van der Waals surface area (Å²) in [6, 6.07) is 111. The minimum absolute atomic E-state index is 0.920. The summed E-state index contributed by atoms with van der Waals surface area (Å²) in [7, 11) is 0. The lowest BCUT2D eigenvalue weighted by Gasteiger charge is -2.18. The molecule has 0 saturated carbocycles. The first kappa shape index (κ1) is 47.0. The number of fused-ring (bicyclic) bond motifs is 5. The molecule has 1 nitrogen and oxygen atoms in total. The Kier molecular flexibility index (Phi) is 10.7. The first-order chi connectivity index (χ1) is 41.1. The lowest BCUT2D eigenvalue weighted by Crippen LogP contribution is -1.91. The second-order valence-corrected chi connectivity index (χ2v) is 22.2. The van der Waals surface area contributed by atoms with E-state index in [-0.39, 0.29) is 0 Å². The number of para-hydroxylation sites is 1. The number of furan rings is 1. The molecule has 0 atom stereocenters. The van der Waals surface area contributed by atoms with Gasteiger partial charge in [-0.1, -0.05) is 279 Å². The van der Waals surface area contributed by atoms with Gasteiger partial charge in [-0.2, -0.15) is 0 Å². The fourth-order valence-corrected chi connectivity index (χ4v) is 13.8. The molecular weight excluding hydrogens is 1000 g/mol. The molecule has 1 heteroatoms. The van der Waals surface area contributed by atoms with E-state index in [4.69, 9.17) is 4.42 Å². The zero-order valence-corrected chi connectivity index (χ0v) is 45.3. The van der Waals surface area contributed by atoms with Crippen LogP contribution in [-0.2, 0) is 0 Å². The molecule has 0 aliphatic heterocycles. The van der Waals surface area contributed by atoms with Crippen LogP contribution in [-0.4, -0.2) is 0 Å². The van der Waals surface area contributed by atoms with Crippen LogP contribution in [0.3, 0.4) is 0 Å². The second kappa shape index (κ2) is 18.9. The minimum Gasteiger partial charge on any atom is -0.456 e. The SMILES string of the molecule is c1cc(-c2ccc(-c3ccc4ccc5cccc6ccc3c4c56)cc2)cc(-c2ccc3ccc4cccc5ccc2c3c45)c1.c1ccc(-c2ccc(-c3c4ccccc4c(-c4ccc5oc6ccccc6c5c4)c4ccccc34)cc2)cc1. The van der Waals surface area contributed by atoms with E-state index in [1.165, 1.54) is 153 Å². The molecule has 0 spiro atoms. The molecule has 0 aliphatic carbocycles. The Morgan fingerprint density at radius 2 is 0.542 bits per heavy atom. The van der Waals surface area contributed by atoms with Crippen molar-refractivity contribution in [3.05, 3.63) is 303 Å². The number of hydrogen-bond donors (Lipinski definition) is 0. The molecule has 0 radical (unpaired) electrons. The standard InChI is InChI=1S/C44H26.C38H24O/c1-4-29-14-16-33-18-22-37(39-24-20-31(6-1)41(29)43(33)39)28-12-10-27(11-13-28)35-8-3-9-36(26-35)38-23-19-34-17-15-30-5-2-7-32-21-25-40(38)44(34)42(30)32;1-2-10-25(11-3-1)26-18-20-27(21-19-26)37-30-13-4-6-15-32(30)38(33-16-7-5-14-31(33)37)28-22-23-36-34(24-28)29-12-8-9-17-35(29)39-36/h1-26H;1-24H. The molecule has 17 aromatic carbocycles. The molecular formula is C82H50O. The van der Waals surface area contributed by atoms with Gasteiger partial charge in [0.1, 0.15) is 11.2 Å². The Morgan fingerprint density at radius 3 is 1.12 bits per heavy atom. The number of benzene rings is 17. The Hall–Kier alpha value is -10.9. The van der Waals surface area contributed by atoms with Crippen molar-refractivity contribution in [1.82, 2.24) is 0 Å². The Bertz CT molecular complexity index is 5440. The van der Waals surface area contributed by atoms with Crippen molar-refractivity contribution < 1.29 is 4.42 Å². The first-order valence-corrected chi connectivity index (χ1v) is 28.7. The summed E-state index contributed by atoms with van der Waals surface area (Å²) < 4.78 is 6.14. The van der Waals surface area contributed by atoms with E-state index in [0.29, 0.717) is 0 Å². The zero-order valence-electron chi connectivity index (χ0n) is 45.3. The summed E-state index contributed by atoms with van der Waals surface area (Å²) in [5.74, 6) is 0. The fraction of sp³-hybridized carbons (Fsp3) is 0. The lowest BCUT2D eigenvalue weighted by molar-refractivity contribution is 0.669. The molecule has 18 aromatic rings. The molecule has 0 saturated heterocycles. The fourth-order valence-electron chi connectivity index (χ4n) is 13.8. The second-order valence-electron chi connectivity index (χ2n) is 22.2. The largest absolute Gasteiger partial charge is 0.456 e. The monoisotopic (exact) mass is 1050 g/mol. The van der Waals surface area contributed by atoms with E-state index < -0.39 is 0 Å². The normalized spacial score (nSPS) is 11.9. The van der Waals surface area contributed by atoms with Crippen molar-refractivity contribution in [3.8, 4) is 66.8 Å². The maximum absolute atomic E-state index is 6.14. The highest BCUT2D eigenvalue weighted by Gasteiger charge is 2.19. The Labute approximate surface area is 479 Å². The molecule has 83 heavy (non-hydrogen) atoms. The lowest BCUT2D eigenvalue weighted by atomic mass is 9.85. The predicted octanol–water partition coefficient (Wildman–Crippen LogP) is 23.4. The summed E-state index contributed by atoms with van der Waals surface area (Å²) in [6.07, 6.45) is 0. The van der Waals surface area contributed by atoms with Gasteiger partial charge in [0.15, 0.2) is 0 Å². The molecule has 384 valence electrons. The van der Waals surface area contributed by atoms with Gasteiger partial charge >= 0.3 is 0 Å². The molecule has 0 aliphatic rings. The molecule has 0 unspecified atom stereocenters. The van der Waals surface area contributed by atoms with Gasteiger partial charge in [-0.05, 0) is 177 Å². The molecule has 1 aromatic heterocycles. The molecule has 0 amide bonds. The van der Waals surface area contributed by atoms with E-state index in [1.807, 2.05) is 12.1 Å². The number of hydrogen-bond acceptors (Lipinski definition) is 1. The van der Waals surface area contributed by atoms with Crippen molar-refractivity contribution in [2.45, 2.75) is 0 Å². The van der Waals surface area contributed by atoms with Crippen LogP contribution in [0.25, 0.3) is 175 Å². The maximum Gasteiger partial charge on any atom is 0.135 e. The molecule has 1 heterocycles. The van der Waals surface area contributed by atoms with E-state index >= 15 is 0 Å². The quantitative estimate of drug-likeness (QED) is 0.119. The van der Waals surface area contributed by atoms with E-state index in [2.05, 4.69) is 291 Å². The van der Waals surface area contributed by atoms with Gasteiger partial charge in [0.2, 0.25) is 0 Å². The highest BCUT2D eigenvalue weighted by molar-refractivity contribution is 6.27. The van der Waals surface area contributed by atoms with Gasteiger partial charge in [0.05, 0.1) is 0 Å². The maximum atomic E-state index is 6.14. The molecule has 18 rings (SSSR count). The Morgan fingerprint density at radius 1 is 0.169 bits per heavy atom. The van der Waals surface area contributed by atoms with Crippen molar-refractivity contribution in [3.63, 3.8) is 0 Å². The summed E-state index contributed by atoms with van der Waals surface area (Å²) >= 11 is 0. The van der Waals surface area contributed by atoms with Gasteiger partial charge in [0, 0.05) is 10.8 Å². The van der Waals surface area contributed by atoms with Gasteiger partial charge < -0.3 is 4.42 Å². The van der Waals surface area contributed by atoms with Crippen LogP contribution in [0.1, 0.15) is 0 Å². The van der Waals surface area contributed by atoms with Gasteiger partial charge in [-0.25, -0.2) is 0 Å². The topological polar surface area (TPSA) is 13.1 Å². The van der Waals surface area contributed by atoms with Crippen LogP contribution in [0.4, 0.5) is 0 Å². The van der Waals surface area contributed by atoms with Crippen molar-refractivity contribution in [2.75, 3.05) is 0 Å². The van der Waals surface area contributed by atoms with Crippen molar-refractivity contribution in [2.24, 2.45) is 0 Å².